The highest BCUT2D eigenvalue weighted by molar-refractivity contribution is 8.01. The number of thioether (sulfide) groups is 1. The van der Waals surface area contributed by atoms with E-state index in [0.29, 0.717) is 12.1 Å². The van der Waals surface area contributed by atoms with Crippen LogP contribution in [0.25, 0.3) is 11.3 Å². The Labute approximate surface area is 261 Å². The average Bonchev–Trinajstić information content (AvgIpc) is 3.42. The summed E-state index contributed by atoms with van der Waals surface area (Å²) in [5.74, 6) is -8.02. The normalized spacial score (nSPS) is 28.0. The fourth-order valence-electron chi connectivity index (χ4n) is 6.15. The number of rotatable bonds is 9. The van der Waals surface area contributed by atoms with Crippen molar-refractivity contribution in [3.05, 3.63) is 35.8 Å². The topological polar surface area (TPSA) is 150 Å². The minimum absolute atomic E-state index is 0.117. The molecule has 4 rings (SSSR count). The minimum atomic E-state index is -2.99. The van der Waals surface area contributed by atoms with Gasteiger partial charge in [0.2, 0.25) is 11.8 Å². The van der Waals surface area contributed by atoms with Gasteiger partial charge in [0.1, 0.15) is 35.5 Å². The molecule has 0 bridgehead atoms. The van der Waals surface area contributed by atoms with Crippen molar-refractivity contribution in [2.24, 2.45) is 5.41 Å². The fraction of sp³-hybridized carbons (Fsp3) is 0.690. The number of aromatic nitrogens is 3. The van der Waals surface area contributed by atoms with E-state index in [0.717, 1.165) is 16.4 Å². The Kier molecular flexibility index (Phi) is 10.3. The fourth-order valence-corrected chi connectivity index (χ4v) is 8.19. The van der Waals surface area contributed by atoms with Crippen LogP contribution in [0.3, 0.4) is 0 Å². The molecule has 1 saturated carbocycles. The van der Waals surface area contributed by atoms with Crippen molar-refractivity contribution in [3.8, 4) is 11.3 Å². The van der Waals surface area contributed by atoms with Crippen LogP contribution in [0.1, 0.15) is 65.8 Å². The number of aliphatic hydroxyl groups is 4. The SMILES string of the molecule is CC(=O)NC[C@](CC(C)(C)C)(S[C@@H]1O[C@H](CO)[C@H](O)[C@H](n2cc(-c3cc(F)c(F)c(F)c3)nn2)[C@H]1O)C1(O)CCC(F)(F)CC1. The number of amides is 1. The molecule has 5 N–H and O–H groups in total. The summed E-state index contributed by atoms with van der Waals surface area (Å²) >= 11 is 0.917. The molecule has 45 heavy (non-hydrogen) atoms. The van der Waals surface area contributed by atoms with Crippen LogP contribution in [0.15, 0.2) is 18.3 Å². The predicted octanol–water partition coefficient (Wildman–Crippen LogP) is 3.33. The summed E-state index contributed by atoms with van der Waals surface area (Å²) < 4.78 is 75.4. The number of ether oxygens (including phenoxy) is 1. The van der Waals surface area contributed by atoms with Crippen LogP contribution in [0.5, 0.6) is 0 Å². The zero-order chi connectivity index (χ0) is 33.5. The van der Waals surface area contributed by atoms with Gasteiger partial charge in [0.15, 0.2) is 17.5 Å². The maximum Gasteiger partial charge on any atom is 0.248 e. The van der Waals surface area contributed by atoms with E-state index in [1.54, 1.807) is 0 Å². The summed E-state index contributed by atoms with van der Waals surface area (Å²) in [5.41, 5.74) is -3.89. The third-order valence-electron chi connectivity index (χ3n) is 8.38. The molecule has 10 nitrogen and oxygen atoms in total. The van der Waals surface area contributed by atoms with E-state index in [1.165, 1.54) is 13.1 Å². The first-order chi connectivity index (χ1) is 20.8. The van der Waals surface area contributed by atoms with E-state index < -0.39 is 94.3 Å². The number of nitrogens with one attached hydrogen (secondary N) is 1. The summed E-state index contributed by atoms with van der Waals surface area (Å²) in [7, 11) is 0. The number of hydrogen-bond acceptors (Lipinski definition) is 9. The smallest absolute Gasteiger partial charge is 0.248 e. The molecule has 1 aliphatic heterocycles. The molecule has 2 heterocycles. The molecule has 0 radical (unpaired) electrons. The lowest BCUT2D eigenvalue weighted by atomic mass is 9.68. The van der Waals surface area contributed by atoms with Crippen LogP contribution in [0.4, 0.5) is 22.0 Å². The molecule has 6 atom stereocenters. The van der Waals surface area contributed by atoms with Crippen molar-refractivity contribution in [1.29, 1.82) is 0 Å². The molecular weight excluding hydrogens is 627 g/mol. The Balaban J connectivity index is 1.74. The van der Waals surface area contributed by atoms with Crippen molar-refractivity contribution in [3.63, 3.8) is 0 Å². The van der Waals surface area contributed by atoms with Crippen LogP contribution >= 0.6 is 11.8 Å². The van der Waals surface area contributed by atoms with Gasteiger partial charge in [0.25, 0.3) is 0 Å². The van der Waals surface area contributed by atoms with E-state index in [2.05, 4.69) is 15.6 Å². The number of alkyl halides is 2. The van der Waals surface area contributed by atoms with E-state index in [4.69, 9.17) is 4.74 Å². The highest BCUT2D eigenvalue weighted by Crippen LogP contribution is 2.55. The van der Waals surface area contributed by atoms with Gasteiger partial charge in [-0.15, -0.1) is 16.9 Å². The highest BCUT2D eigenvalue weighted by atomic mass is 32.2. The first kappa shape index (κ1) is 35.5. The van der Waals surface area contributed by atoms with Gasteiger partial charge in [-0.1, -0.05) is 26.0 Å². The summed E-state index contributed by atoms with van der Waals surface area (Å²) in [5, 5.41) is 55.4. The van der Waals surface area contributed by atoms with Gasteiger partial charge in [-0.25, -0.2) is 26.6 Å². The molecule has 2 aromatic rings. The van der Waals surface area contributed by atoms with E-state index in [9.17, 15) is 47.2 Å². The molecule has 252 valence electrons. The second-order valence-corrected chi connectivity index (χ2v) is 14.7. The maximum atomic E-state index is 14.3. The molecule has 1 aromatic carbocycles. The standard InChI is InChI=1S/C29H39F5N4O6S/c1-15(40)35-14-28(13-26(2,3)4,27(43)5-7-29(33,34)8-6-27)45-25-24(42)22(23(41)20(12-39)44-25)38-11-19(36-37-38)16-9-17(30)21(32)18(31)10-16/h9-11,20,22-25,39,41-43H,5-8,12-14H2,1-4H3,(H,35,40)/t20-,22+,23+,24-,25+,28+/m1/s1. The average molecular weight is 667 g/mol. The van der Waals surface area contributed by atoms with Crippen molar-refractivity contribution < 1.29 is 51.9 Å². The van der Waals surface area contributed by atoms with Crippen LogP contribution in [-0.4, -0.2) is 94.5 Å². The summed E-state index contributed by atoms with van der Waals surface area (Å²) in [4.78, 5) is 12.1. The maximum absolute atomic E-state index is 14.3. The zero-order valence-corrected chi connectivity index (χ0v) is 26.1. The largest absolute Gasteiger partial charge is 0.394 e. The third kappa shape index (κ3) is 7.62. The number of benzene rings is 1. The van der Waals surface area contributed by atoms with E-state index >= 15 is 0 Å². The number of hydrogen-bond donors (Lipinski definition) is 5. The second kappa shape index (κ2) is 13.0. The molecule has 2 aliphatic rings. The Hall–Kier alpha value is -2.37. The number of halogens is 5. The van der Waals surface area contributed by atoms with Gasteiger partial charge in [-0.2, -0.15) is 0 Å². The van der Waals surface area contributed by atoms with Gasteiger partial charge in [-0.3, -0.25) is 4.79 Å². The van der Waals surface area contributed by atoms with Gasteiger partial charge in [0, 0.05) is 31.9 Å². The van der Waals surface area contributed by atoms with Crippen LogP contribution in [-0.2, 0) is 9.53 Å². The molecule has 1 aliphatic carbocycles. The van der Waals surface area contributed by atoms with Gasteiger partial charge in [-0.05, 0) is 36.8 Å². The quantitative estimate of drug-likeness (QED) is 0.201. The Bertz CT molecular complexity index is 1340. The summed E-state index contributed by atoms with van der Waals surface area (Å²) in [6.45, 7) is 5.99. The number of carbonyl (C=O) groups excluding carboxylic acids is 1. The first-order valence-electron chi connectivity index (χ1n) is 14.5. The monoisotopic (exact) mass is 666 g/mol. The minimum Gasteiger partial charge on any atom is -0.394 e. The lowest BCUT2D eigenvalue weighted by molar-refractivity contribution is -0.180. The van der Waals surface area contributed by atoms with Gasteiger partial charge < -0.3 is 30.5 Å². The van der Waals surface area contributed by atoms with Crippen molar-refractivity contribution in [2.45, 2.75) is 106 Å². The number of nitrogens with zero attached hydrogens (tertiary/aromatic N) is 3. The second-order valence-electron chi connectivity index (χ2n) is 13.2. The Morgan fingerprint density at radius 3 is 2.24 bits per heavy atom. The number of carbonyl (C=O) groups is 1. The first-order valence-corrected chi connectivity index (χ1v) is 15.4. The molecule has 0 spiro atoms. The summed E-state index contributed by atoms with van der Waals surface area (Å²) in [6.07, 6.45) is -4.99. The molecule has 16 heteroatoms. The molecule has 1 aromatic heterocycles. The molecule has 1 saturated heterocycles. The zero-order valence-electron chi connectivity index (χ0n) is 25.3. The van der Waals surface area contributed by atoms with E-state index in [-0.39, 0.29) is 37.1 Å². The van der Waals surface area contributed by atoms with Crippen molar-refractivity contribution in [1.82, 2.24) is 20.3 Å². The molecule has 0 unspecified atom stereocenters. The highest BCUT2D eigenvalue weighted by Gasteiger charge is 2.59. The molecule has 2 fully saturated rings. The van der Waals surface area contributed by atoms with E-state index in [1.807, 2.05) is 20.8 Å². The van der Waals surface area contributed by atoms with Crippen LogP contribution in [0, 0.1) is 22.9 Å². The third-order valence-corrected chi connectivity index (χ3v) is 10.1. The number of aliphatic hydroxyl groups excluding tert-OH is 3. The Morgan fingerprint density at radius 1 is 1.11 bits per heavy atom. The molecular formula is C29H39F5N4O6S. The van der Waals surface area contributed by atoms with Gasteiger partial charge in [0.05, 0.1) is 23.2 Å². The van der Waals surface area contributed by atoms with Crippen molar-refractivity contribution in [2.75, 3.05) is 13.2 Å². The van der Waals surface area contributed by atoms with Gasteiger partial charge >= 0.3 is 0 Å². The Morgan fingerprint density at radius 2 is 1.71 bits per heavy atom. The molecule has 1 amide bonds. The van der Waals surface area contributed by atoms with Crippen LogP contribution < -0.4 is 5.32 Å². The van der Waals surface area contributed by atoms with Crippen molar-refractivity contribution >= 4 is 17.7 Å². The lowest BCUT2D eigenvalue weighted by Gasteiger charge is -2.54. The summed E-state index contributed by atoms with van der Waals surface area (Å²) in [6, 6.07) is 0.0507. The lowest BCUT2D eigenvalue weighted by Crippen LogP contribution is -2.64. The van der Waals surface area contributed by atoms with Crippen LogP contribution in [0.2, 0.25) is 0 Å². The predicted molar refractivity (Wildman–Crippen MR) is 154 cm³/mol.